The van der Waals surface area contributed by atoms with Crippen LogP contribution >= 0.6 is 0 Å². The van der Waals surface area contributed by atoms with Gasteiger partial charge in [0.1, 0.15) is 5.76 Å². The molecule has 2 aromatic rings. The minimum absolute atomic E-state index is 0.0313. The van der Waals surface area contributed by atoms with Crippen LogP contribution in [0.25, 0.3) is 0 Å². The fraction of sp³-hybridized carbons (Fsp3) is 0.231. The molecule has 1 atom stereocenters. The van der Waals surface area contributed by atoms with E-state index in [1.54, 1.807) is 18.4 Å². The van der Waals surface area contributed by atoms with Crippen molar-refractivity contribution in [2.45, 2.75) is 19.4 Å². The number of furan rings is 1. The van der Waals surface area contributed by atoms with E-state index in [0.717, 1.165) is 5.76 Å². The summed E-state index contributed by atoms with van der Waals surface area (Å²) in [6, 6.07) is 7.18. The van der Waals surface area contributed by atoms with Gasteiger partial charge in [-0.15, -0.1) is 0 Å². The van der Waals surface area contributed by atoms with Crippen LogP contribution in [0.15, 0.2) is 41.1 Å². The second kappa shape index (κ2) is 5.35. The summed E-state index contributed by atoms with van der Waals surface area (Å²) in [5.74, 6) is -0.181. The van der Waals surface area contributed by atoms with Gasteiger partial charge in [0, 0.05) is 18.7 Å². The number of carboxylic acid groups (broad SMARTS) is 1. The van der Waals surface area contributed by atoms with Gasteiger partial charge >= 0.3 is 5.97 Å². The summed E-state index contributed by atoms with van der Waals surface area (Å²) in [6.45, 7) is 1.96. The average molecular weight is 246 g/mol. The van der Waals surface area contributed by atoms with Gasteiger partial charge in [-0.3, -0.25) is 0 Å². The van der Waals surface area contributed by atoms with Crippen molar-refractivity contribution in [2.24, 2.45) is 0 Å². The van der Waals surface area contributed by atoms with Gasteiger partial charge in [0.15, 0.2) is 5.69 Å². The molecule has 5 heteroatoms. The lowest BCUT2D eigenvalue weighted by Crippen LogP contribution is -2.20. The molecule has 18 heavy (non-hydrogen) atoms. The lowest BCUT2D eigenvalue weighted by Gasteiger charge is -2.15. The monoisotopic (exact) mass is 246 g/mol. The largest absolute Gasteiger partial charge is 0.476 e. The molecule has 2 aromatic heterocycles. The molecule has 0 amide bonds. The molecule has 0 aliphatic carbocycles. The summed E-state index contributed by atoms with van der Waals surface area (Å²) in [4.78, 5) is 14.8. The van der Waals surface area contributed by atoms with Crippen molar-refractivity contribution < 1.29 is 14.3 Å². The molecule has 2 N–H and O–H groups in total. The Labute approximate surface area is 104 Å². The van der Waals surface area contributed by atoms with Gasteiger partial charge in [0.25, 0.3) is 0 Å². The van der Waals surface area contributed by atoms with E-state index in [9.17, 15) is 4.79 Å². The number of aromatic nitrogens is 1. The van der Waals surface area contributed by atoms with Crippen LogP contribution in [0.5, 0.6) is 0 Å². The number of rotatable bonds is 5. The maximum Gasteiger partial charge on any atom is 0.356 e. The van der Waals surface area contributed by atoms with E-state index in [0.29, 0.717) is 12.1 Å². The van der Waals surface area contributed by atoms with Gasteiger partial charge in [0.2, 0.25) is 0 Å². The maximum atomic E-state index is 11.0. The number of anilines is 1. The molecule has 0 aliphatic heterocycles. The van der Waals surface area contributed by atoms with E-state index in [1.165, 1.54) is 6.20 Å². The molecular formula is C13H14N2O3. The van der Waals surface area contributed by atoms with Gasteiger partial charge in [0.05, 0.1) is 12.0 Å². The number of aromatic carboxylic acids is 1. The molecular weight excluding hydrogens is 232 g/mol. The highest BCUT2D eigenvalue weighted by Gasteiger charge is 2.13. The standard InChI is InChI=1S/C13H14N2O3/c1-9(8-10-4-3-7-18-10)15-11-5-2-6-14-12(11)13(16)17/h2-7,9,15H,8H2,1H3,(H,16,17). The molecule has 2 rings (SSSR count). The molecule has 1 unspecified atom stereocenters. The Bertz CT molecular complexity index is 523. The third-order valence-corrected chi connectivity index (χ3v) is 2.50. The van der Waals surface area contributed by atoms with Crippen LogP contribution < -0.4 is 5.32 Å². The van der Waals surface area contributed by atoms with Crippen molar-refractivity contribution in [3.8, 4) is 0 Å². The van der Waals surface area contributed by atoms with Crippen LogP contribution in [0.2, 0.25) is 0 Å². The van der Waals surface area contributed by atoms with Crippen LogP contribution in [-0.2, 0) is 6.42 Å². The maximum absolute atomic E-state index is 11.0. The van der Waals surface area contributed by atoms with Gasteiger partial charge in [-0.25, -0.2) is 9.78 Å². The summed E-state index contributed by atoms with van der Waals surface area (Å²) in [5.41, 5.74) is 0.549. The van der Waals surface area contributed by atoms with E-state index in [1.807, 2.05) is 19.1 Å². The normalized spacial score (nSPS) is 12.1. The first-order chi connectivity index (χ1) is 8.66. The topological polar surface area (TPSA) is 75.4 Å². The highest BCUT2D eigenvalue weighted by atomic mass is 16.4. The SMILES string of the molecule is CC(Cc1ccco1)Nc1cccnc1C(=O)O. The highest BCUT2D eigenvalue weighted by molar-refractivity contribution is 5.91. The second-order valence-corrected chi connectivity index (χ2v) is 4.03. The Morgan fingerprint density at radius 1 is 1.50 bits per heavy atom. The average Bonchev–Trinajstić information content (AvgIpc) is 2.82. The van der Waals surface area contributed by atoms with E-state index < -0.39 is 5.97 Å². The summed E-state index contributed by atoms with van der Waals surface area (Å²) in [7, 11) is 0. The van der Waals surface area contributed by atoms with E-state index in [-0.39, 0.29) is 11.7 Å². The molecule has 5 nitrogen and oxygen atoms in total. The number of pyridine rings is 1. The van der Waals surface area contributed by atoms with Crippen LogP contribution in [0.4, 0.5) is 5.69 Å². The van der Waals surface area contributed by atoms with Crippen LogP contribution in [0, 0.1) is 0 Å². The van der Waals surface area contributed by atoms with Crippen LogP contribution in [0.1, 0.15) is 23.2 Å². The molecule has 2 heterocycles. The fourth-order valence-electron chi connectivity index (χ4n) is 1.74. The summed E-state index contributed by atoms with van der Waals surface area (Å²) < 4.78 is 5.25. The van der Waals surface area contributed by atoms with Gasteiger partial charge in [-0.2, -0.15) is 0 Å². The molecule has 0 aromatic carbocycles. The third-order valence-electron chi connectivity index (χ3n) is 2.50. The third kappa shape index (κ3) is 2.88. The predicted molar refractivity (Wildman–Crippen MR) is 66.7 cm³/mol. The molecule has 0 aliphatic rings. The zero-order valence-electron chi connectivity index (χ0n) is 9.96. The van der Waals surface area contributed by atoms with Crippen molar-refractivity contribution >= 4 is 11.7 Å². The minimum Gasteiger partial charge on any atom is -0.476 e. The highest BCUT2D eigenvalue weighted by Crippen LogP contribution is 2.15. The molecule has 0 bridgehead atoms. The molecule has 0 spiro atoms. The van der Waals surface area contributed by atoms with Crippen molar-refractivity contribution in [3.05, 3.63) is 48.2 Å². The zero-order chi connectivity index (χ0) is 13.0. The Morgan fingerprint density at radius 2 is 2.33 bits per heavy atom. The number of hydrogen-bond donors (Lipinski definition) is 2. The van der Waals surface area contributed by atoms with Crippen LogP contribution in [0.3, 0.4) is 0 Å². The number of carboxylic acids is 1. The summed E-state index contributed by atoms with van der Waals surface area (Å²) >= 11 is 0. The summed E-state index contributed by atoms with van der Waals surface area (Å²) in [5, 5.41) is 12.1. The molecule has 0 saturated heterocycles. The molecule has 0 fully saturated rings. The minimum atomic E-state index is -1.04. The Balaban J connectivity index is 2.07. The van der Waals surface area contributed by atoms with Gasteiger partial charge in [-0.05, 0) is 31.2 Å². The Hall–Kier alpha value is -2.30. The molecule has 0 radical (unpaired) electrons. The second-order valence-electron chi connectivity index (χ2n) is 4.03. The Kier molecular flexibility index (Phi) is 3.62. The van der Waals surface area contributed by atoms with Gasteiger partial charge in [-0.1, -0.05) is 0 Å². The Morgan fingerprint density at radius 3 is 3.00 bits per heavy atom. The zero-order valence-corrected chi connectivity index (χ0v) is 9.96. The lowest BCUT2D eigenvalue weighted by atomic mass is 10.2. The van der Waals surface area contributed by atoms with E-state index in [2.05, 4.69) is 10.3 Å². The first-order valence-electron chi connectivity index (χ1n) is 5.64. The molecule has 94 valence electrons. The first kappa shape index (κ1) is 12.2. The van der Waals surface area contributed by atoms with Gasteiger partial charge < -0.3 is 14.8 Å². The molecule has 0 saturated carbocycles. The quantitative estimate of drug-likeness (QED) is 0.847. The van der Waals surface area contributed by atoms with Crippen molar-refractivity contribution in [3.63, 3.8) is 0 Å². The summed E-state index contributed by atoms with van der Waals surface area (Å²) in [6.07, 6.45) is 3.77. The smallest absolute Gasteiger partial charge is 0.356 e. The van der Waals surface area contributed by atoms with Crippen molar-refractivity contribution in [2.75, 3.05) is 5.32 Å². The number of hydrogen-bond acceptors (Lipinski definition) is 4. The number of carbonyl (C=O) groups is 1. The van der Waals surface area contributed by atoms with E-state index in [4.69, 9.17) is 9.52 Å². The van der Waals surface area contributed by atoms with E-state index >= 15 is 0 Å². The van der Waals surface area contributed by atoms with Crippen molar-refractivity contribution in [1.82, 2.24) is 4.98 Å². The van der Waals surface area contributed by atoms with Crippen molar-refractivity contribution in [1.29, 1.82) is 0 Å². The number of nitrogens with one attached hydrogen (secondary N) is 1. The van der Waals surface area contributed by atoms with Crippen LogP contribution in [-0.4, -0.2) is 22.1 Å². The lowest BCUT2D eigenvalue weighted by molar-refractivity contribution is 0.0691. The first-order valence-corrected chi connectivity index (χ1v) is 5.64. The fourth-order valence-corrected chi connectivity index (χ4v) is 1.74. The number of nitrogens with zero attached hydrogens (tertiary/aromatic N) is 1. The predicted octanol–water partition coefficient (Wildman–Crippen LogP) is 2.42.